The van der Waals surface area contributed by atoms with Crippen LogP contribution in [0, 0.1) is 0 Å². The summed E-state index contributed by atoms with van der Waals surface area (Å²) in [5.74, 6) is -1.21. The minimum Gasteiger partial charge on any atom is -0.480 e. The smallest absolute Gasteiger partial charge is 0.323 e. The van der Waals surface area contributed by atoms with Crippen LogP contribution in [0.5, 0.6) is 0 Å². The van der Waals surface area contributed by atoms with Gasteiger partial charge in [0.2, 0.25) is 5.91 Å². The van der Waals surface area contributed by atoms with Crippen LogP contribution < -0.4 is 0 Å². The van der Waals surface area contributed by atoms with Gasteiger partial charge in [-0.25, -0.2) is 0 Å². The summed E-state index contributed by atoms with van der Waals surface area (Å²) >= 11 is 0. The molecule has 0 spiro atoms. The van der Waals surface area contributed by atoms with E-state index >= 15 is 0 Å². The van der Waals surface area contributed by atoms with Crippen molar-refractivity contribution < 1.29 is 14.7 Å². The van der Waals surface area contributed by atoms with Gasteiger partial charge in [0.1, 0.15) is 6.54 Å². The molecule has 6 heteroatoms. The summed E-state index contributed by atoms with van der Waals surface area (Å²) in [6.07, 6.45) is 0.820. The van der Waals surface area contributed by atoms with E-state index in [4.69, 9.17) is 5.11 Å². The van der Waals surface area contributed by atoms with Crippen LogP contribution >= 0.6 is 0 Å². The number of aryl methyl sites for hydroxylation is 1. The van der Waals surface area contributed by atoms with E-state index in [0.29, 0.717) is 12.1 Å². The Balaban J connectivity index is 2.26. The molecule has 0 aliphatic carbocycles. The Morgan fingerprint density at radius 2 is 2.05 bits per heavy atom. The summed E-state index contributed by atoms with van der Waals surface area (Å²) < 4.78 is 1.74. The van der Waals surface area contributed by atoms with Crippen molar-refractivity contribution in [3.8, 4) is 0 Å². The Morgan fingerprint density at radius 1 is 1.36 bits per heavy atom. The first-order chi connectivity index (χ1) is 10.4. The maximum Gasteiger partial charge on any atom is 0.323 e. The van der Waals surface area contributed by atoms with E-state index < -0.39 is 5.97 Å². The third kappa shape index (κ3) is 3.27. The van der Waals surface area contributed by atoms with Crippen LogP contribution in [-0.4, -0.2) is 44.3 Å². The molecule has 6 nitrogen and oxygen atoms in total. The lowest BCUT2D eigenvalue weighted by atomic mass is 10.1. The number of benzene rings is 1. The molecule has 0 aliphatic rings. The molecule has 0 fully saturated rings. The molecular weight excluding hydrogens is 282 g/mol. The molecular formula is C16H21N3O3. The molecule has 0 aliphatic heterocycles. The zero-order valence-electron chi connectivity index (χ0n) is 13.1. The van der Waals surface area contributed by atoms with Gasteiger partial charge in [-0.15, -0.1) is 0 Å². The lowest BCUT2D eigenvalue weighted by Gasteiger charge is -2.26. The molecule has 0 saturated heterocycles. The van der Waals surface area contributed by atoms with E-state index in [2.05, 4.69) is 5.10 Å². The average Bonchev–Trinajstić information content (AvgIpc) is 2.80. The predicted molar refractivity (Wildman–Crippen MR) is 83.5 cm³/mol. The van der Waals surface area contributed by atoms with Crippen LogP contribution in [0.1, 0.15) is 26.0 Å². The van der Waals surface area contributed by atoms with Crippen molar-refractivity contribution in [3.63, 3.8) is 0 Å². The van der Waals surface area contributed by atoms with Crippen molar-refractivity contribution in [2.24, 2.45) is 7.05 Å². The number of hydrogen-bond acceptors (Lipinski definition) is 3. The van der Waals surface area contributed by atoms with Crippen molar-refractivity contribution >= 4 is 22.8 Å². The molecule has 0 radical (unpaired) electrons. The number of carbonyl (C=O) groups is 2. The second kappa shape index (κ2) is 6.60. The van der Waals surface area contributed by atoms with Crippen molar-refractivity contribution in [2.45, 2.75) is 32.7 Å². The van der Waals surface area contributed by atoms with Gasteiger partial charge >= 0.3 is 5.97 Å². The summed E-state index contributed by atoms with van der Waals surface area (Å²) in [5, 5.41) is 14.3. The maximum atomic E-state index is 12.5. The Bertz CT molecular complexity index is 693. The van der Waals surface area contributed by atoms with Crippen LogP contribution in [0.15, 0.2) is 24.3 Å². The Hall–Kier alpha value is -2.37. The number of rotatable bonds is 6. The second-order valence-corrected chi connectivity index (χ2v) is 5.44. The number of aromatic nitrogens is 2. The fourth-order valence-electron chi connectivity index (χ4n) is 2.52. The number of aliphatic carboxylic acids is 1. The number of hydrogen-bond donors (Lipinski definition) is 1. The normalized spacial score (nSPS) is 12.3. The summed E-state index contributed by atoms with van der Waals surface area (Å²) in [5.41, 5.74) is 1.64. The molecule has 0 bridgehead atoms. The molecule has 2 rings (SSSR count). The first-order valence-corrected chi connectivity index (χ1v) is 7.36. The molecule has 118 valence electrons. The number of amides is 1. The van der Waals surface area contributed by atoms with E-state index in [-0.39, 0.29) is 24.9 Å². The van der Waals surface area contributed by atoms with Crippen LogP contribution in [0.3, 0.4) is 0 Å². The molecule has 2 aromatic rings. The molecule has 1 atom stereocenters. The highest BCUT2D eigenvalue weighted by molar-refractivity contribution is 5.89. The van der Waals surface area contributed by atoms with E-state index in [0.717, 1.165) is 10.9 Å². The summed E-state index contributed by atoms with van der Waals surface area (Å²) in [6.45, 7) is 3.51. The molecule has 1 unspecified atom stereocenters. The standard InChI is InChI=1S/C16H21N3O3/c1-4-11(2)19(10-16(21)22)15(20)9-13-12-7-5-6-8-14(12)18(3)17-13/h5-8,11H,4,9-10H2,1-3H3,(H,21,22). The summed E-state index contributed by atoms with van der Waals surface area (Å²) in [7, 11) is 1.83. The highest BCUT2D eigenvalue weighted by Crippen LogP contribution is 2.19. The quantitative estimate of drug-likeness (QED) is 0.883. The van der Waals surface area contributed by atoms with Gasteiger partial charge in [0.05, 0.1) is 17.6 Å². The topological polar surface area (TPSA) is 75.4 Å². The van der Waals surface area contributed by atoms with Crippen LogP contribution in [0.2, 0.25) is 0 Å². The number of para-hydroxylation sites is 1. The summed E-state index contributed by atoms with van der Waals surface area (Å²) in [6, 6.07) is 7.58. The molecule has 1 amide bonds. The minimum atomic E-state index is -1.00. The minimum absolute atomic E-state index is 0.110. The van der Waals surface area contributed by atoms with Crippen LogP contribution in [0.25, 0.3) is 10.9 Å². The van der Waals surface area contributed by atoms with Crippen LogP contribution in [0.4, 0.5) is 0 Å². The Morgan fingerprint density at radius 3 is 2.68 bits per heavy atom. The highest BCUT2D eigenvalue weighted by atomic mass is 16.4. The van der Waals surface area contributed by atoms with E-state index in [1.807, 2.05) is 45.2 Å². The van der Waals surface area contributed by atoms with Gasteiger partial charge < -0.3 is 10.0 Å². The highest BCUT2D eigenvalue weighted by Gasteiger charge is 2.23. The maximum absolute atomic E-state index is 12.5. The number of carboxylic acid groups (broad SMARTS) is 1. The van der Waals surface area contributed by atoms with Gasteiger partial charge in [0.25, 0.3) is 0 Å². The predicted octanol–water partition coefficient (Wildman–Crippen LogP) is 1.83. The van der Waals surface area contributed by atoms with Crippen molar-refractivity contribution in [1.82, 2.24) is 14.7 Å². The van der Waals surface area contributed by atoms with Gasteiger partial charge in [-0.3, -0.25) is 14.3 Å². The average molecular weight is 303 g/mol. The third-order valence-corrected chi connectivity index (χ3v) is 3.90. The van der Waals surface area contributed by atoms with Gasteiger partial charge in [0, 0.05) is 18.5 Å². The van der Waals surface area contributed by atoms with Crippen LogP contribution in [-0.2, 0) is 23.1 Å². The van der Waals surface area contributed by atoms with Crippen molar-refractivity contribution in [3.05, 3.63) is 30.0 Å². The molecule has 22 heavy (non-hydrogen) atoms. The zero-order valence-corrected chi connectivity index (χ0v) is 13.1. The zero-order chi connectivity index (χ0) is 16.3. The first-order valence-electron chi connectivity index (χ1n) is 7.36. The lowest BCUT2D eigenvalue weighted by Crippen LogP contribution is -2.42. The van der Waals surface area contributed by atoms with E-state index in [1.54, 1.807) is 4.68 Å². The van der Waals surface area contributed by atoms with E-state index in [9.17, 15) is 9.59 Å². The second-order valence-electron chi connectivity index (χ2n) is 5.44. The lowest BCUT2D eigenvalue weighted by molar-refractivity contribution is -0.145. The fourth-order valence-corrected chi connectivity index (χ4v) is 2.52. The summed E-state index contributed by atoms with van der Waals surface area (Å²) in [4.78, 5) is 24.9. The van der Waals surface area contributed by atoms with Gasteiger partial charge in [0.15, 0.2) is 0 Å². The van der Waals surface area contributed by atoms with Crippen molar-refractivity contribution in [2.75, 3.05) is 6.54 Å². The van der Waals surface area contributed by atoms with Gasteiger partial charge in [-0.1, -0.05) is 25.1 Å². The third-order valence-electron chi connectivity index (χ3n) is 3.90. The molecule has 1 N–H and O–H groups in total. The molecule has 1 heterocycles. The fraction of sp³-hybridized carbons (Fsp3) is 0.438. The molecule has 0 saturated carbocycles. The van der Waals surface area contributed by atoms with Gasteiger partial charge in [-0.2, -0.15) is 5.10 Å². The van der Waals surface area contributed by atoms with Crippen molar-refractivity contribution in [1.29, 1.82) is 0 Å². The van der Waals surface area contributed by atoms with Gasteiger partial charge in [-0.05, 0) is 19.4 Å². The Labute approximate surface area is 129 Å². The SMILES string of the molecule is CCC(C)N(CC(=O)O)C(=O)Cc1nn(C)c2ccccc12. The number of carbonyl (C=O) groups excluding carboxylic acids is 1. The molecule has 1 aromatic heterocycles. The monoisotopic (exact) mass is 303 g/mol. The number of carboxylic acids is 1. The Kier molecular flexibility index (Phi) is 4.80. The van der Waals surface area contributed by atoms with E-state index in [1.165, 1.54) is 4.90 Å². The first kappa shape index (κ1) is 16.0. The number of nitrogens with zero attached hydrogens (tertiary/aromatic N) is 3. The molecule has 1 aromatic carbocycles. The number of fused-ring (bicyclic) bond motifs is 1. The largest absolute Gasteiger partial charge is 0.480 e.